The van der Waals surface area contributed by atoms with Crippen LogP contribution in [0.5, 0.6) is 0 Å². The molecule has 0 bridgehead atoms. The molecule has 0 radical (unpaired) electrons. The second-order valence-electron chi connectivity index (χ2n) is 9.83. The van der Waals surface area contributed by atoms with Gasteiger partial charge in [-0.05, 0) is 55.0 Å². The van der Waals surface area contributed by atoms with Crippen LogP contribution in [0.15, 0.2) is 102 Å². The molecule has 2 N–H and O–H groups in total. The second-order valence-corrected chi connectivity index (χ2v) is 12.5. The molecule has 8 nitrogen and oxygen atoms in total. The van der Waals surface area contributed by atoms with Crippen molar-refractivity contribution in [1.82, 2.24) is 10.3 Å². The number of rotatable bonds is 8. The van der Waals surface area contributed by atoms with Crippen LogP contribution in [0.4, 0.5) is 11.4 Å². The van der Waals surface area contributed by atoms with Crippen molar-refractivity contribution in [1.29, 1.82) is 0 Å². The van der Waals surface area contributed by atoms with Gasteiger partial charge in [-0.1, -0.05) is 60.2 Å². The molecule has 1 aliphatic heterocycles. The molecule has 206 valence electrons. The average molecular weight is 583 g/mol. The third-order valence-corrected chi connectivity index (χ3v) is 9.35. The van der Waals surface area contributed by atoms with Crippen molar-refractivity contribution in [3.05, 3.63) is 108 Å². The fourth-order valence-electron chi connectivity index (χ4n) is 4.75. The molecular weight excluding hydrogens is 556 g/mol. The van der Waals surface area contributed by atoms with Crippen molar-refractivity contribution in [3.63, 3.8) is 0 Å². The molecule has 1 aliphatic rings. The van der Waals surface area contributed by atoms with Gasteiger partial charge in [0, 0.05) is 12.1 Å². The van der Waals surface area contributed by atoms with E-state index in [4.69, 9.17) is 4.98 Å². The van der Waals surface area contributed by atoms with Crippen molar-refractivity contribution in [2.75, 3.05) is 9.62 Å². The molecule has 10 heteroatoms. The van der Waals surface area contributed by atoms with Gasteiger partial charge in [0.2, 0.25) is 5.91 Å². The van der Waals surface area contributed by atoms with Crippen molar-refractivity contribution in [2.45, 2.75) is 30.8 Å². The first-order valence-corrected chi connectivity index (χ1v) is 15.3. The lowest BCUT2D eigenvalue weighted by Gasteiger charge is -2.18. The van der Waals surface area contributed by atoms with E-state index in [0.717, 1.165) is 26.2 Å². The molecular formula is C31H26N4O4S2. The number of amides is 2. The zero-order valence-corrected chi connectivity index (χ0v) is 23.7. The maximum absolute atomic E-state index is 13.4. The molecule has 1 atom stereocenters. The molecule has 4 aromatic carbocycles. The van der Waals surface area contributed by atoms with E-state index in [0.29, 0.717) is 28.5 Å². The quantitative estimate of drug-likeness (QED) is 0.234. The van der Waals surface area contributed by atoms with Gasteiger partial charge in [0.25, 0.3) is 15.9 Å². The van der Waals surface area contributed by atoms with Crippen LogP contribution in [0.2, 0.25) is 0 Å². The van der Waals surface area contributed by atoms with E-state index in [9.17, 15) is 18.0 Å². The number of anilines is 2. The standard InChI is InChI=1S/C31H26N4O4S2/c1-20-11-14-23(15-12-20)41(38,39)34-25-16-13-22(17-24(25)30-33-26-9-5-6-10-28(26)40-30)35-29(36)18-27(31(35)37)32-19-21-7-3-2-4-8-21/h2-17,27,32,34H,18-19H2,1H3. The van der Waals surface area contributed by atoms with Crippen molar-refractivity contribution in [3.8, 4) is 10.6 Å². The highest BCUT2D eigenvalue weighted by atomic mass is 32.2. The number of hydrogen-bond acceptors (Lipinski definition) is 7. The lowest BCUT2D eigenvalue weighted by atomic mass is 10.1. The lowest BCUT2D eigenvalue weighted by Crippen LogP contribution is -2.38. The van der Waals surface area contributed by atoms with E-state index in [1.54, 1.807) is 42.5 Å². The predicted molar refractivity (Wildman–Crippen MR) is 161 cm³/mol. The average Bonchev–Trinajstić information content (AvgIpc) is 3.53. The summed E-state index contributed by atoms with van der Waals surface area (Å²) in [5.41, 5.74) is 3.85. The van der Waals surface area contributed by atoms with E-state index in [-0.39, 0.29) is 23.1 Å². The van der Waals surface area contributed by atoms with E-state index in [1.165, 1.54) is 11.3 Å². The zero-order valence-electron chi connectivity index (χ0n) is 22.1. The smallest absolute Gasteiger partial charge is 0.261 e. The van der Waals surface area contributed by atoms with Crippen LogP contribution >= 0.6 is 11.3 Å². The number of benzene rings is 4. The summed E-state index contributed by atoms with van der Waals surface area (Å²) in [7, 11) is -3.92. The highest BCUT2D eigenvalue weighted by Crippen LogP contribution is 2.39. The number of nitrogens with zero attached hydrogens (tertiary/aromatic N) is 2. The van der Waals surface area contributed by atoms with E-state index in [2.05, 4.69) is 10.0 Å². The molecule has 0 aliphatic carbocycles. The highest BCUT2D eigenvalue weighted by Gasteiger charge is 2.39. The van der Waals surface area contributed by atoms with Gasteiger partial charge < -0.3 is 5.32 Å². The predicted octanol–water partition coefficient (Wildman–Crippen LogP) is 5.49. The number of carbonyl (C=O) groups is 2. The third kappa shape index (κ3) is 5.49. The highest BCUT2D eigenvalue weighted by molar-refractivity contribution is 7.92. The van der Waals surface area contributed by atoms with Gasteiger partial charge in [-0.25, -0.2) is 18.3 Å². The van der Waals surface area contributed by atoms with Crippen molar-refractivity contribution >= 4 is 54.8 Å². The number of thiazole rings is 1. The summed E-state index contributed by atoms with van der Waals surface area (Å²) in [4.78, 5) is 32.4. The Balaban J connectivity index is 1.35. The lowest BCUT2D eigenvalue weighted by molar-refractivity contribution is -0.121. The topological polar surface area (TPSA) is 108 Å². The van der Waals surface area contributed by atoms with Crippen LogP contribution in [-0.4, -0.2) is 31.3 Å². The Kier molecular flexibility index (Phi) is 7.12. The van der Waals surface area contributed by atoms with Crippen LogP contribution in [0.1, 0.15) is 17.5 Å². The molecule has 1 unspecified atom stereocenters. The first kappa shape index (κ1) is 26.8. The van der Waals surface area contributed by atoms with Gasteiger partial charge in [0.05, 0.1) is 38.9 Å². The van der Waals surface area contributed by atoms with Crippen LogP contribution in [0, 0.1) is 6.92 Å². The molecule has 6 rings (SSSR count). The molecule has 0 saturated carbocycles. The number of imide groups is 1. The molecule has 2 heterocycles. The van der Waals surface area contributed by atoms with Crippen LogP contribution in [-0.2, 0) is 26.2 Å². The molecule has 5 aromatic rings. The molecule has 41 heavy (non-hydrogen) atoms. The fourth-order valence-corrected chi connectivity index (χ4v) is 6.82. The van der Waals surface area contributed by atoms with E-state index in [1.807, 2.05) is 61.5 Å². The first-order valence-electron chi connectivity index (χ1n) is 13.0. The largest absolute Gasteiger partial charge is 0.301 e. The number of hydrogen-bond donors (Lipinski definition) is 2. The molecule has 0 spiro atoms. The number of sulfonamides is 1. The zero-order chi connectivity index (χ0) is 28.6. The summed E-state index contributed by atoms with van der Waals surface area (Å²) in [6, 6.07) is 28.0. The molecule has 1 saturated heterocycles. The number of aryl methyl sites for hydroxylation is 1. The Labute approximate surface area is 241 Å². The maximum atomic E-state index is 13.4. The summed E-state index contributed by atoms with van der Waals surface area (Å²) >= 11 is 1.40. The van der Waals surface area contributed by atoms with Gasteiger partial charge in [-0.15, -0.1) is 11.3 Å². The van der Waals surface area contributed by atoms with E-state index < -0.39 is 16.1 Å². The summed E-state index contributed by atoms with van der Waals surface area (Å²) in [6.07, 6.45) is 0.0317. The Morgan fingerprint density at radius 3 is 2.41 bits per heavy atom. The monoisotopic (exact) mass is 582 g/mol. The Hall–Kier alpha value is -4.38. The van der Waals surface area contributed by atoms with Crippen molar-refractivity contribution < 1.29 is 18.0 Å². The Morgan fingerprint density at radius 1 is 0.927 bits per heavy atom. The van der Waals surface area contributed by atoms with Crippen molar-refractivity contribution in [2.24, 2.45) is 0 Å². The summed E-state index contributed by atoms with van der Waals surface area (Å²) in [6.45, 7) is 2.34. The van der Waals surface area contributed by atoms with Crippen LogP contribution in [0.3, 0.4) is 0 Å². The third-order valence-electron chi connectivity index (χ3n) is 6.90. The summed E-state index contributed by atoms with van der Waals surface area (Å²) in [5.74, 6) is -0.682. The number of carbonyl (C=O) groups excluding carboxylic acids is 2. The number of fused-ring (bicyclic) bond motifs is 1. The number of aromatic nitrogens is 1. The van der Waals surface area contributed by atoms with Gasteiger partial charge in [-0.3, -0.25) is 14.3 Å². The van der Waals surface area contributed by atoms with Gasteiger partial charge in [0.1, 0.15) is 5.01 Å². The van der Waals surface area contributed by atoms with Gasteiger partial charge in [0.15, 0.2) is 0 Å². The maximum Gasteiger partial charge on any atom is 0.261 e. The number of para-hydroxylation sites is 1. The second kappa shape index (κ2) is 10.9. The minimum absolute atomic E-state index is 0.0317. The number of nitrogens with one attached hydrogen (secondary N) is 2. The fraction of sp³-hybridized carbons (Fsp3) is 0.129. The normalized spacial score (nSPS) is 15.5. The Morgan fingerprint density at radius 2 is 1.66 bits per heavy atom. The summed E-state index contributed by atoms with van der Waals surface area (Å²) in [5, 5.41) is 3.75. The van der Waals surface area contributed by atoms with Gasteiger partial charge >= 0.3 is 0 Å². The molecule has 1 aromatic heterocycles. The summed E-state index contributed by atoms with van der Waals surface area (Å²) < 4.78 is 30.2. The van der Waals surface area contributed by atoms with Crippen LogP contribution in [0.25, 0.3) is 20.8 Å². The molecule has 1 fully saturated rings. The minimum Gasteiger partial charge on any atom is -0.301 e. The first-order chi connectivity index (χ1) is 19.8. The van der Waals surface area contributed by atoms with Gasteiger partial charge in [-0.2, -0.15) is 0 Å². The van der Waals surface area contributed by atoms with Crippen LogP contribution < -0.4 is 14.9 Å². The van der Waals surface area contributed by atoms with E-state index >= 15 is 0 Å². The molecule has 2 amide bonds. The Bertz CT molecular complexity index is 1840. The minimum atomic E-state index is -3.92. The SMILES string of the molecule is Cc1ccc(S(=O)(=O)Nc2ccc(N3C(=O)CC(NCc4ccccc4)C3=O)cc2-c2nc3ccccc3s2)cc1.